The maximum absolute atomic E-state index is 13.1. The molecule has 1 saturated heterocycles. The van der Waals surface area contributed by atoms with E-state index in [1.165, 1.54) is 24.6 Å². The Morgan fingerprint density at radius 1 is 1.57 bits per heavy atom. The van der Waals surface area contributed by atoms with Crippen molar-refractivity contribution in [1.29, 1.82) is 0 Å². The molecule has 1 heterocycles. The second-order valence-corrected chi connectivity index (χ2v) is 5.71. The fraction of sp³-hybridized carbons (Fsp3) is 0.533. The number of benzene rings is 1. The molecule has 6 heteroatoms. The van der Waals surface area contributed by atoms with Crippen LogP contribution >= 0.6 is 11.6 Å². The molecule has 2 N–H and O–H groups in total. The minimum Gasteiger partial charge on any atom is -0.325 e. The summed E-state index contributed by atoms with van der Waals surface area (Å²) in [5.74, 6) is -0.602. The number of carbonyl (C=O) groups is 1. The highest BCUT2D eigenvalue weighted by molar-refractivity contribution is 6.31. The monoisotopic (exact) mass is 313 g/mol. The van der Waals surface area contributed by atoms with Gasteiger partial charge in [-0.1, -0.05) is 18.5 Å². The molecule has 1 aliphatic rings. The molecule has 0 saturated carbocycles. The molecule has 2 rings (SSSR count). The van der Waals surface area contributed by atoms with Gasteiger partial charge in [0.1, 0.15) is 5.82 Å². The van der Waals surface area contributed by atoms with E-state index >= 15 is 0 Å². The van der Waals surface area contributed by atoms with Gasteiger partial charge in [0.05, 0.1) is 11.6 Å². The summed E-state index contributed by atoms with van der Waals surface area (Å²) in [6, 6.07) is 4.65. The molecule has 1 amide bonds. The van der Waals surface area contributed by atoms with Crippen LogP contribution in [-0.4, -0.2) is 43.0 Å². The first kappa shape index (κ1) is 16.2. The van der Waals surface area contributed by atoms with Crippen LogP contribution in [0.5, 0.6) is 0 Å². The van der Waals surface area contributed by atoms with Crippen LogP contribution in [0.15, 0.2) is 18.2 Å². The van der Waals surface area contributed by atoms with E-state index in [9.17, 15) is 9.18 Å². The van der Waals surface area contributed by atoms with Gasteiger partial charge in [0.15, 0.2) is 0 Å². The molecule has 21 heavy (non-hydrogen) atoms. The standard InChI is InChI=1S/C15H21ClFN3O/c1-2-20(9-12-4-3-7-18-12)10-15(21)19-11-5-6-14(17)13(16)8-11/h5-6,8,12,18H,2-4,7,9-10H2,1H3,(H,19,21). The fourth-order valence-electron chi connectivity index (χ4n) is 2.51. The zero-order valence-corrected chi connectivity index (χ0v) is 12.9. The lowest BCUT2D eigenvalue weighted by atomic mass is 10.2. The smallest absolute Gasteiger partial charge is 0.238 e. The van der Waals surface area contributed by atoms with E-state index in [4.69, 9.17) is 11.6 Å². The van der Waals surface area contributed by atoms with E-state index in [2.05, 4.69) is 15.5 Å². The van der Waals surface area contributed by atoms with Crippen LogP contribution in [0, 0.1) is 5.82 Å². The highest BCUT2D eigenvalue weighted by Gasteiger charge is 2.18. The van der Waals surface area contributed by atoms with Crippen molar-refractivity contribution in [1.82, 2.24) is 10.2 Å². The Hall–Kier alpha value is -1.17. The first-order chi connectivity index (χ1) is 10.1. The highest BCUT2D eigenvalue weighted by atomic mass is 35.5. The lowest BCUT2D eigenvalue weighted by molar-refractivity contribution is -0.117. The Kier molecular flexibility index (Phi) is 5.96. The number of likely N-dealkylation sites (N-methyl/N-ethyl adjacent to an activating group) is 1. The van der Waals surface area contributed by atoms with Gasteiger partial charge in [-0.3, -0.25) is 9.69 Å². The van der Waals surface area contributed by atoms with Gasteiger partial charge < -0.3 is 10.6 Å². The van der Waals surface area contributed by atoms with Crippen molar-refractivity contribution in [2.24, 2.45) is 0 Å². The second kappa shape index (κ2) is 7.73. The second-order valence-electron chi connectivity index (χ2n) is 5.30. The van der Waals surface area contributed by atoms with Crippen LogP contribution in [-0.2, 0) is 4.79 Å². The Labute approximate surface area is 129 Å². The van der Waals surface area contributed by atoms with Crippen molar-refractivity contribution >= 4 is 23.2 Å². The Bertz CT molecular complexity index is 492. The Morgan fingerprint density at radius 3 is 3.00 bits per heavy atom. The molecule has 1 aromatic carbocycles. The first-order valence-corrected chi connectivity index (χ1v) is 7.67. The topological polar surface area (TPSA) is 44.4 Å². The molecule has 0 radical (unpaired) electrons. The van der Waals surface area contributed by atoms with Gasteiger partial charge in [-0.2, -0.15) is 0 Å². The number of nitrogens with zero attached hydrogens (tertiary/aromatic N) is 1. The summed E-state index contributed by atoms with van der Waals surface area (Å²) in [6.45, 7) is 5.10. The summed E-state index contributed by atoms with van der Waals surface area (Å²) in [6.07, 6.45) is 2.36. The largest absolute Gasteiger partial charge is 0.325 e. The van der Waals surface area contributed by atoms with Gasteiger partial charge in [0, 0.05) is 18.3 Å². The van der Waals surface area contributed by atoms with Gasteiger partial charge in [0.25, 0.3) is 0 Å². The molecule has 4 nitrogen and oxygen atoms in total. The molecule has 1 unspecified atom stereocenters. The van der Waals surface area contributed by atoms with Crippen molar-refractivity contribution in [3.8, 4) is 0 Å². The van der Waals surface area contributed by atoms with Gasteiger partial charge in [-0.15, -0.1) is 0 Å². The van der Waals surface area contributed by atoms with E-state index in [0.717, 1.165) is 26.1 Å². The van der Waals surface area contributed by atoms with Crippen molar-refractivity contribution in [2.45, 2.75) is 25.8 Å². The maximum Gasteiger partial charge on any atom is 0.238 e. The third kappa shape index (κ3) is 4.95. The van der Waals surface area contributed by atoms with Gasteiger partial charge >= 0.3 is 0 Å². The number of amides is 1. The normalized spacial score (nSPS) is 18.2. The number of nitrogens with one attached hydrogen (secondary N) is 2. The predicted octanol–water partition coefficient (Wildman–Crippen LogP) is 2.49. The number of halogens is 2. The van der Waals surface area contributed by atoms with E-state index in [0.29, 0.717) is 18.3 Å². The average molecular weight is 314 g/mol. The van der Waals surface area contributed by atoms with E-state index in [1.54, 1.807) is 0 Å². The quantitative estimate of drug-likeness (QED) is 0.848. The molecule has 1 aliphatic heterocycles. The van der Waals surface area contributed by atoms with Crippen LogP contribution in [0.2, 0.25) is 5.02 Å². The van der Waals surface area contributed by atoms with Gasteiger partial charge in [-0.05, 0) is 44.1 Å². The van der Waals surface area contributed by atoms with Crippen LogP contribution in [0.1, 0.15) is 19.8 Å². The molecular formula is C15H21ClFN3O. The maximum atomic E-state index is 13.1. The van der Waals surface area contributed by atoms with Gasteiger partial charge in [-0.25, -0.2) is 4.39 Å². The summed E-state index contributed by atoms with van der Waals surface area (Å²) < 4.78 is 13.1. The Balaban J connectivity index is 1.85. The molecule has 1 fully saturated rings. The zero-order chi connectivity index (χ0) is 15.2. The zero-order valence-electron chi connectivity index (χ0n) is 12.2. The summed E-state index contributed by atoms with van der Waals surface area (Å²) in [5, 5.41) is 6.18. The molecule has 0 aliphatic carbocycles. The van der Waals surface area contributed by atoms with E-state index in [1.807, 2.05) is 6.92 Å². The van der Waals surface area contributed by atoms with E-state index in [-0.39, 0.29) is 10.9 Å². The summed E-state index contributed by atoms with van der Waals surface area (Å²) in [4.78, 5) is 14.1. The molecular weight excluding hydrogens is 293 g/mol. The molecule has 0 aromatic heterocycles. The highest BCUT2D eigenvalue weighted by Crippen LogP contribution is 2.19. The number of rotatable bonds is 6. The van der Waals surface area contributed by atoms with Crippen molar-refractivity contribution < 1.29 is 9.18 Å². The van der Waals surface area contributed by atoms with Crippen molar-refractivity contribution in [3.05, 3.63) is 29.0 Å². The molecule has 0 bridgehead atoms. The molecule has 1 atom stereocenters. The summed E-state index contributed by atoms with van der Waals surface area (Å²) in [7, 11) is 0. The SMILES string of the molecule is CCN(CC(=O)Nc1ccc(F)c(Cl)c1)CC1CCCN1. The van der Waals surface area contributed by atoms with Crippen molar-refractivity contribution in [2.75, 3.05) is 31.5 Å². The van der Waals surface area contributed by atoms with Gasteiger partial charge in [0.2, 0.25) is 5.91 Å². The number of carbonyl (C=O) groups excluding carboxylic acids is 1. The van der Waals surface area contributed by atoms with E-state index < -0.39 is 5.82 Å². The van der Waals surface area contributed by atoms with Crippen LogP contribution in [0.25, 0.3) is 0 Å². The third-order valence-corrected chi connectivity index (χ3v) is 3.95. The minimum atomic E-state index is -0.489. The summed E-state index contributed by atoms with van der Waals surface area (Å²) >= 11 is 5.70. The average Bonchev–Trinajstić information content (AvgIpc) is 2.95. The fourth-order valence-corrected chi connectivity index (χ4v) is 2.69. The summed E-state index contributed by atoms with van der Waals surface area (Å²) in [5.41, 5.74) is 0.515. The lowest BCUT2D eigenvalue weighted by Crippen LogP contribution is -2.41. The number of anilines is 1. The molecule has 116 valence electrons. The first-order valence-electron chi connectivity index (χ1n) is 7.29. The van der Waals surface area contributed by atoms with Crippen LogP contribution < -0.4 is 10.6 Å². The number of hydrogen-bond donors (Lipinski definition) is 2. The Morgan fingerprint density at radius 2 is 2.38 bits per heavy atom. The van der Waals surface area contributed by atoms with Crippen LogP contribution in [0.4, 0.5) is 10.1 Å². The number of hydrogen-bond acceptors (Lipinski definition) is 3. The third-order valence-electron chi connectivity index (χ3n) is 3.66. The molecule has 0 spiro atoms. The molecule has 1 aromatic rings. The minimum absolute atomic E-state index is 0.00954. The predicted molar refractivity (Wildman–Crippen MR) is 83.2 cm³/mol. The van der Waals surface area contributed by atoms with Crippen molar-refractivity contribution in [3.63, 3.8) is 0 Å². The lowest BCUT2D eigenvalue weighted by Gasteiger charge is -2.23. The van der Waals surface area contributed by atoms with Crippen LogP contribution in [0.3, 0.4) is 0 Å².